The zero-order chi connectivity index (χ0) is 11.4. The van der Waals surface area contributed by atoms with Crippen LogP contribution in [0.4, 0.5) is 0 Å². The summed E-state index contributed by atoms with van der Waals surface area (Å²) < 4.78 is 11.8. The molecule has 15 heavy (non-hydrogen) atoms. The number of H-pyrrole nitrogens is 1. The smallest absolute Gasteiger partial charge is 0.331 e. The normalized spacial score (nSPS) is 12.6. The van der Waals surface area contributed by atoms with Crippen LogP contribution in [0.15, 0.2) is 15.7 Å². The third kappa shape index (κ3) is 3.35. The van der Waals surface area contributed by atoms with Gasteiger partial charge in [-0.15, -0.1) is 0 Å². The Morgan fingerprint density at radius 1 is 1.53 bits per heavy atom. The summed E-state index contributed by atoms with van der Waals surface area (Å²) in [5.41, 5.74) is -1.28. The maximum Gasteiger partial charge on any atom is 0.331 e. The summed E-state index contributed by atoms with van der Waals surface area (Å²) in [4.78, 5) is 24.0. The van der Waals surface area contributed by atoms with Gasteiger partial charge in [-0.3, -0.25) is 18.6 Å². The van der Waals surface area contributed by atoms with Crippen molar-refractivity contribution in [2.75, 3.05) is 12.0 Å². The maximum absolute atomic E-state index is 11.2. The van der Waals surface area contributed by atoms with Crippen molar-refractivity contribution in [3.05, 3.63) is 26.9 Å². The lowest BCUT2D eigenvalue weighted by atomic mass is 10.4. The predicted octanol–water partition coefficient (Wildman–Crippen LogP) is -0.989. The Hall–Kier alpha value is -1.37. The van der Waals surface area contributed by atoms with Gasteiger partial charge < -0.3 is 5.11 Å². The molecule has 0 amide bonds. The van der Waals surface area contributed by atoms with Crippen molar-refractivity contribution in [3.63, 3.8) is 0 Å². The molecule has 1 unspecified atom stereocenters. The number of nitrogens with one attached hydrogen (secondary N) is 1. The second-order valence-corrected chi connectivity index (χ2v) is 4.63. The van der Waals surface area contributed by atoms with Crippen molar-refractivity contribution in [2.24, 2.45) is 0 Å². The summed E-state index contributed by atoms with van der Waals surface area (Å²) >= 11 is 0. The third-order valence-corrected chi connectivity index (χ3v) is 2.69. The van der Waals surface area contributed by atoms with Crippen molar-refractivity contribution in [2.45, 2.75) is 13.0 Å². The van der Waals surface area contributed by atoms with Crippen molar-refractivity contribution in [1.82, 2.24) is 9.55 Å². The molecule has 1 atom stereocenters. The summed E-state index contributed by atoms with van der Waals surface area (Å²) in [6, 6.07) is 0.935. The quantitative estimate of drug-likeness (QED) is 0.697. The van der Waals surface area contributed by atoms with Crippen LogP contribution in [-0.2, 0) is 17.3 Å². The lowest BCUT2D eigenvalue weighted by Gasteiger charge is -2.05. The SMILES string of the molecule is CS(=O)CCCn1c(O)cc(=O)[nH]c1=O. The summed E-state index contributed by atoms with van der Waals surface area (Å²) in [5, 5.41) is 9.30. The number of hydrogen-bond donors (Lipinski definition) is 2. The first-order valence-corrected chi connectivity index (χ1v) is 6.06. The molecule has 7 heteroatoms. The van der Waals surface area contributed by atoms with Gasteiger partial charge in [0.1, 0.15) is 0 Å². The predicted molar refractivity (Wildman–Crippen MR) is 56.5 cm³/mol. The molecule has 0 aromatic carbocycles. The molecule has 6 nitrogen and oxygen atoms in total. The van der Waals surface area contributed by atoms with E-state index in [9.17, 15) is 18.9 Å². The average molecular weight is 232 g/mol. The summed E-state index contributed by atoms with van der Waals surface area (Å²) in [6.45, 7) is 0.237. The minimum absolute atomic E-state index is 0.237. The number of hydrogen-bond acceptors (Lipinski definition) is 4. The van der Waals surface area contributed by atoms with Gasteiger partial charge in [0.2, 0.25) is 5.88 Å². The van der Waals surface area contributed by atoms with E-state index < -0.39 is 22.0 Å². The number of nitrogens with zero attached hydrogens (tertiary/aromatic N) is 1. The Kier molecular flexibility index (Phi) is 3.84. The van der Waals surface area contributed by atoms with E-state index in [-0.39, 0.29) is 12.4 Å². The van der Waals surface area contributed by atoms with E-state index in [1.807, 2.05) is 4.98 Å². The molecule has 0 saturated carbocycles. The molecule has 0 aliphatic rings. The standard InChI is InChI=1S/C8H12N2O4S/c1-15(14)4-2-3-10-7(12)5-6(11)9-8(10)13/h5,12H,2-4H2,1H3,(H,9,11,13). The Bertz CT molecular complexity index is 476. The molecule has 84 valence electrons. The fourth-order valence-corrected chi connectivity index (χ4v) is 1.69. The first-order chi connectivity index (χ1) is 7.00. The summed E-state index contributed by atoms with van der Waals surface area (Å²) in [5.74, 6) is 0.0796. The van der Waals surface area contributed by atoms with Crippen LogP contribution in [-0.4, -0.2) is 30.9 Å². The number of aromatic amines is 1. The van der Waals surface area contributed by atoms with Gasteiger partial charge in [0.25, 0.3) is 5.56 Å². The second kappa shape index (κ2) is 4.92. The minimum Gasteiger partial charge on any atom is -0.494 e. The van der Waals surface area contributed by atoms with Crippen LogP contribution >= 0.6 is 0 Å². The van der Waals surface area contributed by atoms with E-state index in [4.69, 9.17) is 0 Å². The molecule has 1 rings (SSSR count). The summed E-state index contributed by atoms with van der Waals surface area (Å²) in [7, 11) is -0.926. The lowest BCUT2D eigenvalue weighted by molar-refractivity contribution is 0.399. The van der Waals surface area contributed by atoms with Gasteiger partial charge in [0.05, 0.1) is 6.07 Å². The van der Waals surface area contributed by atoms with Crippen LogP contribution in [0, 0.1) is 0 Å². The maximum atomic E-state index is 11.2. The van der Waals surface area contributed by atoms with Gasteiger partial charge in [0.15, 0.2) is 0 Å². The Morgan fingerprint density at radius 2 is 2.20 bits per heavy atom. The molecule has 1 aromatic rings. The molecule has 0 spiro atoms. The minimum atomic E-state index is -0.926. The van der Waals surface area contributed by atoms with Gasteiger partial charge in [0, 0.05) is 29.4 Å². The fourth-order valence-electron chi connectivity index (χ4n) is 1.15. The van der Waals surface area contributed by atoms with Crippen LogP contribution in [0.2, 0.25) is 0 Å². The zero-order valence-corrected chi connectivity index (χ0v) is 9.04. The largest absolute Gasteiger partial charge is 0.494 e. The lowest BCUT2D eigenvalue weighted by Crippen LogP contribution is -2.29. The van der Waals surface area contributed by atoms with Crippen molar-refractivity contribution < 1.29 is 9.32 Å². The van der Waals surface area contributed by atoms with E-state index in [0.29, 0.717) is 12.2 Å². The first kappa shape index (κ1) is 11.7. The number of aromatic hydroxyl groups is 1. The van der Waals surface area contributed by atoms with E-state index in [0.717, 1.165) is 10.6 Å². The fraction of sp³-hybridized carbons (Fsp3) is 0.500. The van der Waals surface area contributed by atoms with Crippen LogP contribution in [0.3, 0.4) is 0 Å². The Morgan fingerprint density at radius 3 is 2.73 bits per heavy atom. The van der Waals surface area contributed by atoms with Crippen molar-refractivity contribution in [3.8, 4) is 5.88 Å². The van der Waals surface area contributed by atoms with E-state index in [1.54, 1.807) is 6.26 Å². The molecule has 1 aromatic heterocycles. The highest BCUT2D eigenvalue weighted by atomic mass is 32.2. The molecule has 0 saturated heterocycles. The Balaban J connectivity index is 2.82. The summed E-state index contributed by atoms with van der Waals surface area (Å²) in [6.07, 6.45) is 2.07. The number of rotatable bonds is 4. The molecular formula is C8H12N2O4S. The zero-order valence-electron chi connectivity index (χ0n) is 8.23. The van der Waals surface area contributed by atoms with Gasteiger partial charge in [-0.25, -0.2) is 4.79 Å². The van der Waals surface area contributed by atoms with Gasteiger partial charge in [-0.1, -0.05) is 0 Å². The van der Waals surface area contributed by atoms with Gasteiger partial charge in [-0.2, -0.15) is 0 Å². The first-order valence-electron chi connectivity index (χ1n) is 4.34. The molecule has 0 aliphatic heterocycles. The molecule has 1 heterocycles. The number of aromatic nitrogens is 2. The van der Waals surface area contributed by atoms with Crippen molar-refractivity contribution >= 4 is 10.8 Å². The second-order valence-electron chi connectivity index (χ2n) is 3.08. The molecular weight excluding hydrogens is 220 g/mol. The molecule has 0 bridgehead atoms. The van der Waals surface area contributed by atoms with Crippen LogP contribution < -0.4 is 11.2 Å². The molecule has 2 N–H and O–H groups in total. The van der Waals surface area contributed by atoms with Gasteiger partial charge in [-0.05, 0) is 6.42 Å². The van der Waals surface area contributed by atoms with E-state index in [1.165, 1.54) is 0 Å². The molecule has 0 aliphatic carbocycles. The average Bonchev–Trinajstić information content (AvgIpc) is 2.08. The third-order valence-electron chi connectivity index (χ3n) is 1.83. The van der Waals surface area contributed by atoms with Crippen LogP contribution in [0.5, 0.6) is 5.88 Å². The van der Waals surface area contributed by atoms with Crippen molar-refractivity contribution in [1.29, 1.82) is 0 Å². The van der Waals surface area contributed by atoms with Crippen LogP contribution in [0.1, 0.15) is 6.42 Å². The van der Waals surface area contributed by atoms with Gasteiger partial charge >= 0.3 is 5.69 Å². The molecule has 0 radical (unpaired) electrons. The highest BCUT2D eigenvalue weighted by molar-refractivity contribution is 7.84. The highest BCUT2D eigenvalue weighted by Crippen LogP contribution is 2.01. The Labute approximate surface area is 88.0 Å². The molecule has 0 fully saturated rings. The monoisotopic (exact) mass is 232 g/mol. The topological polar surface area (TPSA) is 92.2 Å². The van der Waals surface area contributed by atoms with Crippen LogP contribution in [0.25, 0.3) is 0 Å². The highest BCUT2D eigenvalue weighted by Gasteiger charge is 2.04. The van der Waals surface area contributed by atoms with E-state index in [2.05, 4.69) is 0 Å². The van der Waals surface area contributed by atoms with E-state index >= 15 is 0 Å².